The van der Waals surface area contributed by atoms with Crippen LogP contribution in [0.3, 0.4) is 0 Å². The number of aromatic nitrogens is 1. The van der Waals surface area contributed by atoms with Crippen molar-refractivity contribution in [3.05, 3.63) is 118 Å². The van der Waals surface area contributed by atoms with Gasteiger partial charge in [0.05, 0.1) is 6.21 Å². The topological polar surface area (TPSA) is 68.8 Å². The van der Waals surface area contributed by atoms with E-state index in [2.05, 4.69) is 15.1 Å². The first-order valence-electron chi connectivity index (χ1n) is 11.5. The summed E-state index contributed by atoms with van der Waals surface area (Å²) in [5, 5.41) is 5.70. The highest BCUT2D eigenvalue weighted by Crippen LogP contribution is 2.24. The Morgan fingerprint density at radius 2 is 1.78 bits per heavy atom. The lowest BCUT2D eigenvalue weighted by Gasteiger charge is -2.12. The molecular formula is C29H24ClN3O3. The van der Waals surface area contributed by atoms with Gasteiger partial charge in [-0.05, 0) is 62.4 Å². The Labute approximate surface area is 213 Å². The molecule has 2 heterocycles. The van der Waals surface area contributed by atoms with Crippen LogP contribution in [0.25, 0.3) is 16.7 Å². The Bertz CT molecular complexity index is 1530. The summed E-state index contributed by atoms with van der Waals surface area (Å²) in [5.41, 5.74) is 8.09. The van der Waals surface area contributed by atoms with Crippen molar-refractivity contribution in [3.63, 3.8) is 0 Å². The van der Waals surface area contributed by atoms with Crippen molar-refractivity contribution < 1.29 is 13.9 Å². The number of carbonyl (C=O) groups is 1. The molecule has 180 valence electrons. The fraction of sp³-hybridized carbons (Fsp3) is 0.103. The molecule has 2 aromatic heterocycles. The number of amides is 1. The summed E-state index contributed by atoms with van der Waals surface area (Å²) in [6, 6.07) is 26.7. The number of carbonyl (C=O) groups excluding carboxylic acids is 1. The van der Waals surface area contributed by atoms with Crippen LogP contribution < -0.4 is 10.2 Å². The summed E-state index contributed by atoms with van der Waals surface area (Å²) in [4.78, 5) is 12.4. The van der Waals surface area contributed by atoms with Crippen molar-refractivity contribution in [2.45, 2.75) is 20.5 Å². The van der Waals surface area contributed by atoms with Crippen LogP contribution in [0.1, 0.15) is 33.1 Å². The zero-order chi connectivity index (χ0) is 25.1. The predicted octanol–water partition coefficient (Wildman–Crippen LogP) is 6.84. The van der Waals surface area contributed by atoms with Crippen LogP contribution in [0.15, 0.2) is 94.4 Å². The van der Waals surface area contributed by atoms with Crippen LogP contribution in [0.4, 0.5) is 0 Å². The number of hydrazone groups is 1. The highest BCUT2D eigenvalue weighted by molar-refractivity contribution is 6.31. The molecule has 0 saturated carbocycles. The van der Waals surface area contributed by atoms with Crippen molar-refractivity contribution >= 4 is 34.7 Å². The van der Waals surface area contributed by atoms with E-state index >= 15 is 0 Å². The van der Waals surface area contributed by atoms with E-state index in [-0.39, 0.29) is 5.76 Å². The van der Waals surface area contributed by atoms with Crippen LogP contribution in [0.2, 0.25) is 5.02 Å². The second-order valence-electron chi connectivity index (χ2n) is 8.38. The molecule has 0 fully saturated rings. The van der Waals surface area contributed by atoms with Gasteiger partial charge in [0.1, 0.15) is 17.9 Å². The van der Waals surface area contributed by atoms with Crippen LogP contribution in [-0.2, 0) is 6.61 Å². The van der Waals surface area contributed by atoms with Crippen LogP contribution in [-0.4, -0.2) is 16.7 Å². The molecular weight excluding hydrogens is 474 g/mol. The predicted molar refractivity (Wildman–Crippen MR) is 142 cm³/mol. The lowest BCUT2D eigenvalue weighted by atomic mass is 10.2. The van der Waals surface area contributed by atoms with Gasteiger partial charge in [-0.25, -0.2) is 5.43 Å². The number of aryl methyl sites for hydroxylation is 1. The molecule has 5 rings (SSSR count). The number of benzene rings is 3. The molecule has 0 bridgehead atoms. The number of hydrogen-bond acceptors (Lipinski definition) is 4. The van der Waals surface area contributed by atoms with Gasteiger partial charge >= 0.3 is 5.91 Å². The SMILES string of the molecule is Cc1cc(/C=N/NC(=O)c2cc3ccccc3o2)c(C)n1-c1ccc(OCc2ccccc2Cl)cc1. The monoisotopic (exact) mass is 497 g/mol. The first kappa shape index (κ1) is 23.5. The van der Waals surface area contributed by atoms with E-state index in [9.17, 15) is 4.79 Å². The second kappa shape index (κ2) is 10.1. The van der Waals surface area contributed by atoms with Crippen LogP contribution in [0, 0.1) is 13.8 Å². The van der Waals surface area contributed by atoms with Crippen molar-refractivity contribution in [3.8, 4) is 11.4 Å². The third-order valence-corrected chi connectivity index (χ3v) is 6.31. The average Bonchev–Trinajstić information content (AvgIpc) is 3.44. The van der Waals surface area contributed by atoms with Gasteiger partial charge in [0.2, 0.25) is 0 Å². The zero-order valence-corrected chi connectivity index (χ0v) is 20.6. The van der Waals surface area contributed by atoms with E-state index in [1.165, 1.54) is 0 Å². The number of fused-ring (bicyclic) bond motifs is 1. The van der Waals surface area contributed by atoms with Gasteiger partial charge in [-0.3, -0.25) is 4.79 Å². The summed E-state index contributed by atoms with van der Waals surface area (Å²) >= 11 is 6.21. The number of furan rings is 1. The number of para-hydroxylation sites is 1. The Morgan fingerprint density at radius 3 is 2.56 bits per heavy atom. The molecule has 0 unspecified atom stereocenters. The largest absolute Gasteiger partial charge is 0.489 e. The first-order valence-corrected chi connectivity index (χ1v) is 11.8. The lowest BCUT2D eigenvalue weighted by Crippen LogP contribution is -2.16. The van der Waals surface area contributed by atoms with Crippen molar-refractivity contribution in [2.75, 3.05) is 0 Å². The molecule has 0 aliphatic carbocycles. The molecule has 0 saturated heterocycles. The molecule has 0 aliphatic rings. The van der Waals surface area contributed by atoms with Crippen LogP contribution >= 0.6 is 11.6 Å². The van der Waals surface area contributed by atoms with E-state index in [1.54, 1.807) is 12.3 Å². The smallest absolute Gasteiger partial charge is 0.307 e. The molecule has 5 aromatic rings. The highest BCUT2D eigenvalue weighted by atomic mass is 35.5. The van der Waals surface area contributed by atoms with Crippen molar-refractivity contribution in [1.82, 2.24) is 9.99 Å². The number of hydrogen-bond donors (Lipinski definition) is 1. The average molecular weight is 498 g/mol. The normalized spacial score (nSPS) is 11.3. The van der Waals surface area contributed by atoms with Gasteiger partial charge in [-0.2, -0.15) is 5.10 Å². The Morgan fingerprint density at radius 1 is 1.03 bits per heavy atom. The lowest BCUT2D eigenvalue weighted by molar-refractivity contribution is 0.0929. The number of halogens is 1. The maximum Gasteiger partial charge on any atom is 0.307 e. The molecule has 0 radical (unpaired) electrons. The molecule has 1 N–H and O–H groups in total. The maximum absolute atomic E-state index is 12.4. The van der Waals surface area contributed by atoms with Gasteiger partial charge < -0.3 is 13.7 Å². The fourth-order valence-electron chi connectivity index (χ4n) is 4.09. The number of nitrogens with zero attached hydrogens (tertiary/aromatic N) is 2. The van der Waals surface area contributed by atoms with E-state index in [0.717, 1.165) is 39.3 Å². The van der Waals surface area contributed by atoms with Gasteiger partial charge in [0.25, 0.3) is 0 Å². The Kier molecular flexibility index (Phi) is 6.60. The summed E-state index contributed by atoms with van der Waals surface area (Å²) in [6.45, 7) is 4.44. The van der Waals surface area contributed by atoms with Crippen molar-refractivity contribution in [1.29, 1.82) is 0 Å². The minimum absolute atomic E-state index is 0.218. The second-order valence-corrected chi connectivity index (χ2v) is 8.79. The molecule has 36 heavy (non-hydrogen) atoms. The highest BCUT2D eigenvalue weighted by Gasteiger charge is 2.12. The summed E-state index contributed by atoms with van der Waals surface area (Å²) in [5.74, 6) is 0.579. The Hall–Kier alpha value is -4.29. The summed E-state index contributed by atoms with van der Waals surface area (Å²) in [6.07, 6.45) is 1.64. The Balaban J connectivity index is 1.26. The summed E-state index contributed by atoms with van der Waals surface area (Å²) < 4.78 is 13.6. The van der Waals surface area contributed by atoms with Crippen molar-refractivity contribution in [2.24, 2.45) is 5.10 Å². The minimum atomic E-state index is -0.399. The zero-order valence-electron chi connectivity index (χ0n) is 19.9. The van der Waals surface area contributed by atoms with Crippen LogP contribution in [0.5, 0.6) is 5.75 Å². The van der Waals surface area contributed by atoms with E-state index < -0.39 is 5.91 Å². The van der Waals surface area contributed by atoms with E-state index in [1.807, 2.05) is 92.7 Å². The molecule has 0 spiro atoms. The molecule has 7 heteroatoms. The first-order chi connectivity index (χ1) is 17.5. The third-order valence-electron chi connectivity index (χ3n) is 5.94. The molecule has 0 atom stereocenters. The molecule has 3 aromatic carbocycles. The third kappa shape index (κ3) is 4.90. The molecule has 0 aliphatic heterocycles. The maximum atomic E-state index is 12.4. The fourth-order valence-corrected chi connectivity index (χ4v) is 4.28. The van der Waals surface area contributed by atoms with Gasteiger partial charge in [-0.15, -0.1) is 0 Å². The minimum Gasteiger partial charge on any atom is -0.489 e. The van der Waals surface area contributed by atoms with Gasteiger partial charge in [0.15, 0.2) is 5.76 Å². The van der Waals surface area contributed by atoms with Gasteiger partial charge in [-0.1, -0.05) is 48.0 Å². The van der Waals surface area contributed by atoms with E-state index in [4.69, 9.17) is 20.8 Å². The molecule has 1 amide bonds. The summed E-state index contributed by atoms with van der Waals surface area (Å²) in [7, 11) is 0. The number of ether oxygens (including phenoxy) is 1. The van der Waals surface area contributed by atoms with Gasteiger partial charge in [0, 0.05) is 38.6 Å². The molecule has 6 nitrogen and oxygen atoms in total. The number of rotatable bonds is 7. The quantitative estimate of drug-likeness (QED) is 0.198. The number of nitrogens with one attached hydrogen (secondary N) is 1. The standard InChI is InChI=1S/C29H24ClN3O3/c1-19-15-23(17-31-32-29(34)28-16-21-7-4-6-10-27(21)36-28)20(2)33(19)24-11-13-25(14-12-24)35-18-22-8-3-5-9-26(22)30/h3-17H,18H2,1-2H3,(H,32,34)/b31-17+. The van der Waals surface area contributed by atoms with E-state index in [0.29, 0.717) is 17.2 Å².